The normalized spacial score (nSPS) is 19.1. The maximum absolute atomic E-state index is 12.0. The maximum atomic E-state index is 12.0. The first-order valence-corrected chi connectivity index (χ1v) is 6.33. The number of ether oxygens (including phenoxy) is 1. The third-order valence-electron chi connectivity index (χ3n) is 2.99. The van der Waals surface area contributed by atoms with E-state index in [1.165, 1.54) is 29.2 Å². The zero-order valence-electron chi connectivity index (χ0n) is 10.9. The Kier molecular flexibility index (Phi) is 4.06. The molecule has 2 rings (SSSR count). The molecule has 1 atom stereocenters. The van der Waals surface area contributed by atoms with Crippen LogP contribution in [0.5, 0.6) is 5.75 Å². The van der Waals surface area contributed by atoms with Crippen LogP contribution in [-0.2, 0) is 0 Å². The lowest BCUT2D eigenvalue weighted by atomic mass is 10.2. The Bertz CT molecular complexity index is 473. The first-order valence-electron chi connectivity index (χ1n) is 6.33. The second-order valence-corrected chi connectivity index (χ2v) is 4.59. The van der Waals surface area contributed by atoms with Crippen molar-refractivity contribution in [3.8, 4) is 5.75 Å². The van der Waals surface area contributed by atoms with Crippen LogP contribution in [0, 0.1) is 0 Å². The van der Waals surface area contributed by atoms with Crippen molar-refractivity contribution in [1.82, 2.24) is 5.32 Å². The summed E-state index contributed by atoms with van der Waals surface area (Å²) in [6.45, 7) is 2.55. The molecule has 1 N–H and O–H groups in total. The summed E-state index contributed by atoms with van der Waals surface area (Å²) in [5.74, 6) is -0.300. The Morgan fingerprint density at radius 1 is 1.35 bits per heavy atom. The summed E-state index contributed by atoms with van der Waals surface area (Å²) < 4.78 is 39.9. The number of hydrogen-bond acceptors (Lipinski definition) is 2. The van der Waals surface area contributed by atoms with Gasteiger partial charge in [-0.3, -0.25) is 4.90 Å². The number of nitrogens with one attached hydrogen (secondary N) is 1. The number of alkyl halides is 3. The molecule has 0 aromatic heterocycles. The molecule has 110 valence electrons. The van der Waals surface area contributed by atoms with E-state index >= 15 is 0 Å². The first-order chi connectivity index (χ1) is 9.39. The fourth-order valence-corrected chi connectivity index (χ4v) is 2.16. The van der Waals surface area contributed by atoms with Crippen molar-refractivity contribution >= 4 is 11.7 Å². The molecule has 1 aromatic rings. The highest BCUT2D eigenvalue weighted by Gasteiger charge is 2.32. The fourth-order valence-electron chi connectivity index (χ4n) is 2.16. The van der Waals surface area contributed by atoms with Gasteiger partial charge in [0.15, 0.2) is 0 Å². The first kappa shape index (κ1) is 14.5. The molecule has 1 fully saturated rings. The highest BCUT2D eigenvalue weighted by Crippen LogP contribution is 2.26. The van der Waals surface area contributed by atoms with Crippen molar-refractivity contribution in [3.05, 3.63) is 24.3 Å². The van der Waals surface area contributed by atoms with E-state index in [2.05, 4.69) is 10.1 Å². The standard InChI is InChI=1S/C13H15F3N2O2/c1-2-3-9-8-18(12(19)17-9)10-4-6-11(7-5-10)20-13(14,15)16/h4-7,9H,2-3,8H2,1H3,(H,17,19)/t9-/m0/s1. The fraction of sp³-hybridized carbons (Fsp3) is 0.462. The van der Waals surface area contributed by atoms with Crippen LogP contribution < -0.4 is 15.0 Å². The van der Waals surface area contributed by atoms with E-state index in [1.54, 1.807) is 0 Å². The summed E-state index contributed by atoms with van der Waals surface area (Å²) in [6, 6.07) is 5.13. The third-order valence-corrected chi connectivity index (χ3v) is 2.99. The lowest BCUT2D eigenvalue weighted by molar-refractivity contribution is -0.274. The van der Waals surface area contributed by atoms with Gasteiger partial charge in [0.25, 0.3) is 0 Å². The van der Waals surface area contributed by atoms with Gasteiger partial charge < -0.3 is 10.1 Å². The Balaban J connectivity index is 2.05. The number of amides is 2. The number of benzene rings is 1. The van der Waals surface area contributed by atoms with Gasteiger partial charge in [-0.2, -0.15) is 0 Å². The van der Waals surface area contributed by atoms with Crippen LogP contribution in [0.2, 0.25) is 0 Å². The largest absolute Gasteiger partial charge is 0.573 e. The van der Waals surface area contributed by atoms with E-state index in [1.807, 2.05) is 6.92 Å². The van der Waals surface area contributed by atoms with Crippen LogP contribution in [0.4, 0.5) is 23.7 Å². The molecule has 0 bridgehead atoms. The van der Waals surface area contributed by atoms with E-state index in [0.717, 1.165) is 12.8 Å². The predicted octanol–water partition coefficient (Wildman–Crippen LogP) is 3.28. The monoisotopic (exact) mass is 288 g/mol. The third kappa shape index (κ3) is 3.55. The van der Waals surface area contributed by atoms with Crippen molar-refractivity contribution in [2.45, 2.75) is 32.2 Å². The predicted molar refractivity (Wildman–Crippen MR) is 67.7 cm³/mol. The number of anilines is 1. The Hall–Kier alpha value is -1.92. The average Bonchev–Trinajstić information content (AvgIpc) is 2.70. The van der Waals surface area contributed by atoms with Crippen molar-refractivity contribution < 1.29 is 22.7 Å². The highest BCUT2D eigenvalue weighted by molar-refractivity contribution is 5.94. The van der Waals surface area contributed by atoms with Crippen molar-refractivity contribution in [3.63, 3.8) is 0 Å². The number of halogens is 3. The molecular formula is C13H15F3N2O2. The number of urea groups is 1. The minimum absolute atomic E-state index is 0.0820. The van der Waals surface area contributed by atoms with Gasteiger partial charge in [0, 0.05) is 18.3 Å². The van der Waals surface area contributed by atoms with Crippen LogP contribution in [0.1, 0.15) is 19.8 Å². The topological polar surface area (TPSA) is 41.6 Å². The molecule has 1 aromatic carbocycles. The summed E-state index contributed by atoms with van der Waals surface area (Å²) in [7, 11) is 0. The second-order valence-electron chi connectivity index (χ2n) is 4.59. The molecule has 0 radical (unpaired) electrons. The van der Waals surface area contributed by atoms with E-state index < -0.39 is 6.36 Å². The van der Waals surface area contributed by atoms with Crippen molar-refractivity contribution in [1.29, 1.82) is 0 Å². The highest BCUT2D eigenvalue weighted by atomic mass is 19.4. The second kappa shape index (κ2) is 5.60. The lowest BCUT2D eigenvalue weighted by Crippen LogP contribution is -2.28. The summed E-state index contributed by atoms with van der Waals surface area (Å²) in [5, 5.41) is 2.83. The summed E-state index contributed by atoms with van der Waals surface area (Å²) in [6.07, 6.45) is -2.88. The maximum Gasteiger partial charge on any atom is 0.573 e. The molecular weight excluding hydrogens is 273 g/mol. The van der Waals surface area contributed by atoms with Crippen LogP contribution in [0.25, 0.3) is 0 Å². The van der Waals surface area contributed by atoms with Gasteiger partial charge in [0.2, 0.25) is 0 Å². The molecule has 20 heavy (non-hydrogen) atoms. The van der Waals surface area contributed by atoms with Gasteiger partial charge in [-0.15, -0.1) is 13.2 Å². The van der Waals surface area contributed by atoms with Gasteiger partial charge in [0.1, 0.15) is 5.75 Å². The SMILES string of the molecule is CCC[C@H]1CN(c2ccc(OC(F)(F)F)cc2)C(=O)N1. The molecule has 2 amide bonds. The van der Waals surface area contributed by atoms with E-state index in [9.17, 15) is 18.0 Å². The molecule has 7 heteroatoms. The molecule has 1 aliphatic heterocycles. The smallest absolute Gasteiger partial charge is 0.406 e. The molecule has 0 spiro atoms. The Labute approximate surface area is 114 Å². The zero-order valence-corrected chi connectivity index (χ0v) is 10.9. The van der Waals surface area contributed by atoms with Gasteiger partial charge in [-0.25, -0.2) is 4.79 Å². The number of carbonyl (C=O) groups excluding carboxylic acids is 1. The van der Waals surface area contributed by atoms with E-state index in [0.29, 0.717) is 12.2 Å². The average molecular weight is 288 g/mol. The summed E-state index contributed by atoms with van der Waals surface area (Å²) in [4.78, 5) is 13.3. The van der Waals surface area contributed by atoms with Crippen molar-refractivity contribution in [2.24, 2.45) is 0 Å². The van der Waals surface area contributed by atoms with Gasteiger partial charge in [-0.05, 0) is 30.7 Å². The van der Waals surface area contributed by atoms with E-state index in [4.69, 9.17) is 0 Å². The quantitative estimate of drug-likeness (QED) is 0.923. The minimum atomic E-state index is -4.71. The van der Waals surface area contributed by atoms with Crippen molar-refractivity contribution in [2.75, 3.05) is 11.4 Å². The molecule has 1 saturated heterocycles. The minimum Gasteiger partial charge on any atom is -0.406 e. The molecule has 0 saturated carbocycles. The van der Waals surface area contributed by atoms with Crippen LogP contribution in [-0.4, -0.2) is 25.0 Å². The van der Waals surface area contributed by atoms with Crippen LogP contribution in [0.15, 0.2) is 24.3 Å². The lowest BCUT2D eigenvalue weighted by Gasteiger charge is -2.15. The molecule has 4 nitrogen and oxygen atoms in total. The van der Waals surface area contributed by atoms with E-state index in [-0.39, 0.29) is 17.8 Å². The molecule has 1 aliphatic rings. The number of carbonyl (C=O) groups is 1. The number of hydrogen-bond donors (Lipinski definition) is 1. The molecule has 0 aliphatic carbocycles. The zero-order chi connectivity index (χ0) is 14.8. The summed E-state index contributed by atoms with van der Waals surface area (Å²) in [5.41, 5.74) is 0.552. The van der Waals surface area contributed by atoms with Crippen LogP contribution in [0.3, 0.4) is 0 Å². The molecule has 1 heterocycles. The number of rotatable bonds is 4. The van der Waals surface area contributed by atoms with Gasteiger partial charge in [0.05, 0.1) is 0 Å². The Morgan fingerprint density at radius 2 is 2.00 bits per heavy atom. The number of nitrogens with zero attached hydrogens (tertiary/aromatic N) is 1. The van der Waals surface area contributed by atoms with Crippen LogP contribution >= 0.6 is 0 Å². The molecule has 0 unspecified atom stereocenters. The van der Waals surface area contributed by atoms with Gasteiger partial charge >= 0.3 is 12.4 Å². The summed E-state index contributed by atoms with van der Waals surface area (Å²) >= 11 is 0. The van der Waals surface area contributed by atoms with Gasteiger partial charge in [-0.1, -0.05) is 13.3 Å². The Morgan fingerprint density at radius 3 is 2.55 bits per heavy atom.